The Labute approximate surface area is 139 Å². The molecule has 2 heteroatoms. The van der Waals surface area contributed by atoms with Crippen LogP contribution in [0.1, 0.15) is 70.3 Å². The van der Waals surface area contributed by atoms with E-state index in [0.29, 0.717) is 11.3 Å². The minimum atomic E-state index is -0.245. The number of fused-ring (bicyclic) bond motifs is 1. The van der Waals surface area contributed by atoms with Gasteiger partial charge in [0.15, 0.2) is 0 Å². The molecule has 0 aromatic heterocycles. The third kappa shape index (κ3) is 2.25. The zero-order valence-electron chi connectivity index (χ0n) is 14.3. The van der Waals surface area contributed by atoms with Crippen molar-refractivity contribution in [3.8, 4) is 0 Å². The Hall–Kier alpha value is -1.31. The lowest BCUT2D eigenvalue weighted by Gasteiger charge is -2.55. The molecule has 124 valence electrons. The van der Waals surface area contributed by atoms with Gasteiger partial charge in [-0.2, -0.15) is 0 Å². The summed E-state index contributed by atoms with van der Waals surface area (Å²) >= 11 is 0. The Balaban J connectivity index is 1.84. The Morgan fingerprint density at radius 1 is 1.13 bits per heavy atom. The first-order chi connectivity index (χ1) is 11.0. The summed E-state index contributed by atoms with van der Waals surface area (Å²) in [4.78, 5) is 12.5. The van der Waals surface area contributed by atoms with Crippen LogP contribution >= 0.6 is 0 Å². The van der Waals surface area contributed by atoms with E-state index in [0.717, 1.165) is 19.3 Å². The average molecular weight is 311 g/mol. The molecule has 1 aromatic rings. The molecule has 2 unspecified atom stereocenters. The van der Waals surface area contributed by atoms with Gasteiger partial charge in [-0.25, -0.2) is 0 Å². The summed E-state index contributed by atoms with van der Waals surface area (Å²) in [6.45, 7) is 2.31. The lowest BCUT2D eigenvalue weighted by molar-refractivity contribution is -0.133. The fraction of sp³-hybridized carbons (Fsp3) is 0.667. The number of nitrogens with two attached hydrogens (primary N) is 1. The minimum absolute atomic E-state index is 0.0308. The Kier molecular flexibility index (Phi) is 3.37. The summed E-state index contributed by atoms with van der Waals surface area (Å²) in [5, 5.41) is 0. The largest absolute Gasteiger partial charge is 0.369 e. The van der Waals surface area contributed by atoms with Gasteiger partial charge in [0, 0.05) is 0 Å². The Morgan fingerprint density at radius 2 is 1.91 bits per heavy atom. The van der Waals surface area contributed by atoms with E-state index in [4.69, 9.17) is 5.73 Å². The van der Waals surface area contributed by atoms with Crippen LogP contribution in [0.25, 0.3) is 0 Å². The number of carbonyl (C=O) groups is 1. The van der Waals surface area contributed by atoms with Crippen molar-refractivity contribution in [2.45, 2.75) is 70.1 Å². The van der Waals surface area contributed by atoms with Crippen LogP contribution in [-0.4, -0.2) is 5.91 Å². The number of benzene rings is 1. The number of rotatable bonds is 4. The first-order valence-electron chi connectivity index (χ1n) is 9.37. The number of primary amides is 1. The van der Waals surface area contributed by atoms with Gasteiger partial charge in [-0.15, -0.1) is 0 Å². The maximum atomic E-state index is 12.5. The minimum Gasteiger partial charge on any atom is -0.369 e. The van der Waals surface area contributed by atoms with Crippen molar-refractivity contribution in [1.29, 1.82) is 0 Å². The standard InChI is InChI=1S/C21H29NO/c1-2-8-19-9-10-20(18(22)23)12-16(11-19)13-21(14-19,15-20)17-6-4-3-5-7-17/h3-7,16H,2,8-15H2,1H3,(H2,22,23)/t16?,19-,20?,21-/m1/s1. The van der Waals surface area contributed by atoms with Crippen LogP contribution in [0.3, 0.4) is 0 Å². The molecule has 2 nitrogen and oxygen atoms in total. The van der Waals surface area contributed by atoms with Crippen molar-refractivity contribution in [2.24, 2.45) is 22.5 Å². The van der Waals surface area contributed by atoms with Crippen LogP contribution in [0.5, 0.6) is 0 Å². The van der Waals surface area contributed by atoms with Crippen molar-refractivity contribution >= 4 is 5.91 Å². The highest BCUT2D eigenvalue weighted by Gasteiger charge is 2.61. The van der Waals surface area contributed by atoms with Crippen LogP contribution in [0.15, 0.2) is 30.3 Å². The predicted octanol–water partition coefficient (Wildman–Crippen LogP) is 4.57. The van der Waals surface area contributed by atoms with E-state index in [1.807, 2.05) is 0 Å². The van der Waals surface area contributed by atoms with E-state index < -0.39 is 0 Å². The molecule has 4 fully saturated rings. The fourth-order valence-electron chi connectivity index (χ4n) is 6.81. The average Bonchev–Trinajstić information content (AvgIpc) is 2.70. The Morgan fingerprint density at radius 3 is 2.61 bits per heavy atom. The van der Waals surface area contributed by atoms with E-state index in [-0.39, 0.29) is 16.7 Å². The van der Waals surface area contributed by atoms with Crippen molar-refractivity contribution < 1.29 is 4.79 Å². The third-order valence-electron chi connectivity index (χ3n) is 7.29. The molecule has 0 aliphatic heterocycles. The van der Waals surface area contributed by atoms with Crippen molar-refractivity contribution in [1.82, 2.24) is 0 Å². The topological polar surface area (TPSA) is 43.1 Å². The maximum absolute atomic E-state index is 12.5. The second kappa shape index (κ2) is 5.09. The highest BCUT2D eigenvalue weighted by molar-refractivity contribution is 5.81. The number of hydrogen-bond acceptors (Lipinski definition) is 1. The van der Waals surface area contributed by atoms with E-state index in [1.54, 1.807) is 0 Å². The van der Waals surface area contributed by atoms with Gasteiger partial charge >= 0.3 is 0 Å². The summed E-state index contributed by atoms with van der Waals surface area (Å²) in [5.41, 5.74) is 7.81. The number of amides is 1. The molecule has 4 bridgehead atoms. The second-order valence-corrected chi connectivity index (χ2v) is 8.87. The molecule has 0 spiro atoms. The van der Waals surface area contributed by atoms with Gasteiger partial charge in [0.05, 0.1) is 5.41 Å². The molecule has 1 amide bonds. The second-order valence-electron chi connectivity index (χ2n) is 8.87. The molecule has 0 heterocycles. The SMILES string of the molecule is CCC[C@@]12CCC3(C(N)=O)CC(C1)C[C@](c1ccccc1)(C3)C2. The molecule has 1 aromatic carbocycles. The first-order valence-corrected chi connectivity index (χ1v) is 9.37. The molecule has 4 aliphatic carbocycles. The van der Waals surface area contributed by atoms with E-state index in [1.165, 1.54) is 44.1 Å². The zero-order valence-corrected chi connectivity index (χ0v) is 14.3. The fourth-order valence-corrected chi connectivity index (χ4v) is 6.81. The predicted molar refractivity (Wildman–Crippen MR) is 92.9 cm³/mol. The molecule has 0 radical (unpaired) electrons. The van der Waals surface area contributed by atoms with Crippen molar-refractivity contribution in [3.63, 3.8) is 0 Å². The summed E-state index contributed by atoms with van der Waals surface area (Å²) in [6.07, 6.45) is 10.7. The van der Waals surface area contributed by atoms with Crippen molar-refractivity contribution in [2.75, 3.05) is 0 Å². The van der Waals surface area contributed by atoms with Crippen molar-refractivity contribution in [3.05, 3.63) is 35.9 Å². The molecule has 4 aliphatic rings. The summed E-state index contributed by atoms with van der Waals surface area (Å²) < 4.78 is 0. The zero-order chi connectivity index (χ0) is 16.1. The lowest BCUT2D eigenvalue weighted by atomic mass is 9.49. The summed E-state index contributed by atoms with van der Waals surface area (Å²) in [7, 11) is 0. The van der Waals surface area contributed by atoms with Gasteiger partial charge in [-0.1, -0.05) is 43.7 Å². The van der Waals surface area contributed by atoms with E-state index >= 15 is 0 Å². The summed E-state index contributed by atoms with van der Waals surface area (Å²) in [6, 6.07) is 11.0. The Bertz CT molecular complexity index is 612. The van der Waals surface area contributed by atoms with E-state index in [2.05, 4.69) is 37.3 Å². The van der Waals surface area contributed by atoms with Crippen LogP contribution in [-0.2, 0) is 10.2 Å². The van der Waals surface area contributed by atoms with Crippen LogP contribution in [0.2, 0.25) is 0 Å². The molecule has 0 saturated heterocycles. The van der Waals surface area contributed by atoms with Crippen LogP contribution in [0.4, 0.5) is 0 Å². The molecular weight excluding hydrogens is 282 g/mol. The number of hydrogen-bond donors (Lipinski definition) is 1. The van der Waals surface area contributed by atoms with Gasteiger partial charge in [-0.05, 0) is 73.7 Å². The molecule has 2 N–H and O–H groups in total. The van der Waals surface area contributed by atoms with Crippen LogP contribution < -0.4 is 5.73 Å². The van der Waals surface area contributed by atoms with Gasteiger partial charge in [0.1, 0.15) is 0 Å². The molecule has 4 atom stereocenters. The molecular formula is C21H29NO. The van der Waals surface area contributed by atoms with E-state index in [9.17, 15) is 4.79 Å². The molecule has 23 heavy (non-hydrogen) atoms. The lowest BCUT2D eigenvalue weighted by Crippen LogP contribution is -2.51. The molecule has 4 saturated carbocycles. The third-order valence-corrected chi connectivity index (χ3v) is 7.29. The van der Waals surface area contributed by atoms with Gasteiger partial charge < -0.3 is 5.73 Å². The monoisotopic (exact) mass is 311 g/mol. The summed E-state index contributed by atoms with van der Waals surface area (Å²) in [5.74, 6) is 0.649. The maximum Gasteiger partial charge on any atom is 0.223 e. The van der Waals surface area contributed by atoms with Gasteiger partial charge in [0.25, 0.3) is 0 Å². The van der Waals surface area contributed by atoms with Crippen LogP contribution in [0, 0.1) is 16.7 Å². The van der Waals surface area contributed by atoms with Gasteiger partial charge in [0.2, 0.25) is 5.91 Å². The first kappa shape index (κ1) is 15.2. The van der Waals surface area contributed by atoms with Gasteiger partial charge in [-0.3, -0.25) is 4.79 Å². The highest BCUT2D eigenvalue weighted by Crippen LogP contribution is 2.67. The smallest absolute Gasteiger partial charge is 0.223 e. The normalized spacial score (nSPS) is 41.7. The molecule has 5 rings (SSSR count). The quantitative estimate of drug-likeness (QED) is 0.869. The highest BCUT2D eigenvalue weighted by atomic mass is 16.1. The number of carbonyl (C=O) groups excluding carboxylic acids is 1.